The minimum Gasteiger partial charge on any atom is -0.456 e. The van der Waals surface area contributed by atoms with Crippen LogP contribution in [0.1, 0.15) is 19.4 Å². The highest BCUT2D eigenvalue weighted by Crippen LogP contribution is 2.47. The predicted molar refractivity (Wildman–Crippen MR) is 85.8 cm³/mol. The minimum absolute atomic E-state index is 0.0549. The van der Waals surface area contributed by atoms with Gasteiger partial charge in [-0.05, 0) is 47.0 Å². The Kier molecular flexibility index (Phi) is 3.32. The molecule has 2 heterocycles. The number of carbonyl (C=O) groups is 1. The van der Waals surface area contributed by atoms with Gasteiger partial charge < -0.3 is 26.3 Å². The number of nitrogens with one attached hydrogen (secondary N) is 1. The lowest BCUT2D eigenvalue weighted by Crippen LogP contribution is -2.48. The maximum Gasteiger partial charge on any atom is 0.256 e. The third-order valence-corrected chi connectivity index (χ3v) is 4.23. The molecule has 0 bridgehead atoms. The van der Waals surface area contributed by atoms with Crippen molar-refractivity contribution in [3.05, 3.63) is 45.5 Å². The lowest BCUT2D eigenvalue weighted by Gasteiger charge is -2.31. The van der Waals surface area contributed by atoms with Gasteiger partial charge in [-0.1, -0.05) is 6.92 Å². The van der Waals surface area contributed by atoms with Crippen molar-refractivity contribution in [1.82, 2.24) is 0 Å². The predicted octanol–water partition coefficient (Wildman–Crippen LogP) is 2.10. The summed E-state index contributed by atoms with van der Waals surface area (Å²) in [6.07, 6.45) is 2.53. The van der Waals surface area contributed by atoms with Gasteiger partial charge in [-0.15, -0.1) is 0 Å². The van der Waals surface area contributed by atoms with Gasteiger partial charge in [-0.3, -0.25) is 4.79 Å². The van der Waals surface area contributed by atoms with Crippen molar-refractivity contribution in [2.45, 2.75) is 26.0 Å². The van der Waals surface area contributed by atoms with Gasteiger partial charge in [-0.25, -0.2) is 0 Å². The number of hydrogen-bond acceptors (Lipinski definition) is 5. The Bertz CT molecular complexity index is 742. The molecule has 0 aliphatic carbocycles. The van der Waals surface area contributed by atoms with E-state index in [2.05, 4.69) is 28.2 Å². The highest BCUT2D eigenvalue weighted by atomic mass is 79.9. The quantitative estimate of drug-likeness (QED) is 0.745. The number of aryl methyl sites for hydroxylation is 1. The summed E-state index contributed by atoms with van der Waals surface area (Å²) in [7, 11) is 0. The number of ether oxygens (including phenoxy) is 2. The zero-order chi connectivity index (χ0) is 16.1. The fraction of sp³-hybridized carbons (Fsp3) is 0.267. The summed E-state index contributed by atoms with van der Waals surface area (Å²) < 4.78 is 12.1. The Morgan fingerprint density at radius 3 is 2.82 bits per heavy atom. The van der Waals surface area contributed by atoms with Gasteiger partial charge in [0.25, 0.3) is 5.91 Å². The van der Waals surface area contributed by atoms with E-state index in [1.54, 1.807) is 13.0 Å². The average molecular weight is 366 g/mol. The maximum absolute atomic E-state index is 11.8. The lowest BCUT2D eigenvalue weighted by molar-refractivity contribution is -0.116. The first-order valence-corrected chi connectivity index (χ1v) is 7.62. The molecule has 22 heavy (non-hydrogen) atoms. The summed E-state index contributed by atoms with van der Waals surface area (Å²) in [6.45, 7) is 3.79. The molecule has 0 fully saturated rings. The van der Waals surface area contributed by atoms with Crippen molar-refractivity contribution < 1.29 is 14.3 Å². The molecule has 1 spiro atoms. The molecule has 6 nitrogen and oxygen atoms in total. The Labute approximate surface area is 136 Å². The first kappa shape index (κ1) is 14.8. The Morgan fingerprint density at radius 1 is 1.45 bits per heavy atom. The largest absolute Gasteiger partial charge is 0.456 e. The number of halogens is 1. The number of primary amides is 1. The van der Waals surface area contributed by atoms with E-state index in [1.165, 1.54) is 0 Å². The number of benzene rings is 1. The van der Waals surface area contributed by atoms with Crippen LogP contribution in [0.15, 0.2) is 39.9 Å². The fourth-order valence-electron chi connectivity index (χ4n) is 2.72. The third-order valence-electron chi connectivity index (χ3n) is 3.64. The van der Waals surface area contributed by atoms with Crippen LogP contribution in [0.3, 0.4) is 0 Å². The summed E-state index contributed by atoms with van der Waals surface area (Å²) in [5, 5.41) is 3.21. The molecule has 0 saturated carbocycles. The standard InChI is InChI=1S/C15H16BrN3O3/c1-3-8-4-9(16)12-10(5-8)19-15(22-12)6-7(2)21-14(18)11(15)13(17)20/h4-6,19H,3,18H2,1-2H3,(H2,17,20)/t15-/m0/s1. The van der Waals surface area contributed by atoms with Crippen LogP contribution in [-0.2, 0) is 16.0 Å². The van der Waals surface area contributed by atoms with Crippen LogP contribution >= 0.6 is 15.9 Å². The number of carbonyl (C=O) groups excluding carboxylic acids is 1. The minimum atomic E-state index is -1.24. The van der Waals surface area contributed by atoms with E-state index >= 15 is 0 Å². The third kappa shape index (κ3) is 2.12. The van der Waals surface area contributed by atoms with Gasteiger partial charge in [0.15, 0.2) is 5.75 Å². The Balaban J connectivity index is 2.14. The summed E-state index contributed by atoms with van der Waals surface area (Å²) in [4.78, 5) is 11.8. The first-order chi connectivity index (χ1) is 10.4. The molecule has 0 saturated heterocycles. The SMILES string of the molecule is CCc1cc(Br)c2c(c1)N[C@@]1(C=C(C)OC(N)=C1C(N)=O)O2. The molecule has 0 unspecified atom stereocenters. The van der Waals surface area contributed by atoms with Crippen LogP contribution in [0.25, 0.3) is 0 Å². The van der Waals surface area contributed by atoms with E-state index in [4.69, 9.17) is 20.9 Å². The number of rotatable bonds is 2. The number of nitrogens with two attached hydrogens (primary N) is 2. The van der Waals surface area contributed by atoms with Crippen LogP contribution in [0, 0.1) is 0 Å². The number of fused-ring (bicyclic) bond motifs is 1. The van der Waals surface area contributed by atoms with Crippen LogP contribution in [0.2, 0.25) is 0 Å². The molecule has 1 aromatic rings. The van der Waals surface area contributed by atoms with Gasteiger partial charge in [0, 0.05) is 6.08 Å². The van der Waals surface area contributed by atoms with Crippen LogP contribution < -0.4 is 21.5 Å². The fourth-order valence-corrected chi connectivity index (χ4v) is 3.30. The maximum atomic E-state index is 11.8. The van der Waals surface area contributed by atoms with Crippen LogP contribution in [0.5, 0.6) is 5.75 Å². The summed E-state index contributed by atoms with van der Waals surface area (Å²) >= 11 is 3.50. The molecule has 2 aliphatic heterocycles. The van der Waals surface area contributed by atoms with Crippen molar-refractivity contribution in [2.75, 3.05) is 5.32 Å². The lowest BCUT2D eigenvalue weighted by atomic mass is 9.99. The smallest absolute Gasteiger partial charge is 0.256 e. The second-order valence-corrected chi connectivity index (χ2v) is 6.09. The topological polar surface area (TPSA) is 99.6 Å². The van der Waals surface area contributed by atoms with Gasteiger partial charge in [0.1, 0.15) is 11.3 Å². The van der Waals surface area contributed by atoms with E-state index in [1.807, 2.05) is 12.1 Å². The molecule has 3 rings (SSSR count). The molecule has 1 atom stereocenters. The Morgan fingerprint density at radius 2 is 2.18 bits per heavy atom. The van der Waals surface area contributed by atoms with Gasteiger partial charge in [-0.2, -0.15) is 0 Å². The van der Waals surface area contributed by atoms with Crippen molar-refractivity contribution in [3.63, 3.8) is 0 Å². The molecule has 0 aromatic heterocycles. The number of amides is 1. The summed E-state index contributed by atoms with van der Waals surface area (Å²) in [5.41, 5.74) is 12.0. The van der Waals surface area contributed by atoms with Gasteiger partial charge in [0.2, 0.25) is 11.6 Å². The van der Waals surface area contributed by atoms with Crippen LogP contribution in [0.4, 0.5) is 5.69 Å². The van der Waals surface area contributed by atoms with Crippen LogP contribution in [-0.4, -0.2) is 11.6 Å². The molecular formula is C15H16BrN3O3. The summed E-state index contributed by atoms with van der Waals surface area (Å²) in [6, 6.07) is 3.95. The van der Waals surface area contributed by atoms with E-state index in [0.29, 0.717) is 11.5 Å². The monoisotopic (exact) mass is 365 g/mol. The van der Waals surface area contributed by atoms with E-state index in [-0.39, 0.29) is 11.5 Å². The van der Waals surface area contributed by atoms with E-state index in [9.17, 15) is 4.79 Å². The molecule has 7 heteroatoms. The van der Waals surface area contributed by atoms with Crippen molar-refractivity contribution in [2.24, 2.45) is 11.5 Å². The Hall–Kier alpha value is -2.15. The second-order valence-electron chi connectivity index (χ2n) is 5.23. The van der Waals surface area contributed by atoms with Gasteiger partial charge in [0.05, 0.1) is 10.2 Å². The normalized spacial score (nSPS) is 22.6. The van der Waals surface area contributed by atoms with Crippen molar-refractivity contribution in [1.29, 1.82) is 0 Å². The van der Waals surface area contributed by atoms with Crippen molar-refractivity contribution >= 4 is 27.5 Å². The molecule has 5 N–H and O–H groups in total. The second kappa shape index (κ2) is 4.95. The first-order valence-electron chi connectivity index (χ1n) is 6.83. The zero-order valence-electron chi connectivity index (χ0n) is 12.2. The zero-order valence-corrected chi connectivity index (χ0v) is 13.8. The molecule has 1 aromatic carbocycles. The molecule has 1 amide bonds. The van der Waals surface area contributed by atoms with E-state index in [0.717, 1.165) is 22.1 Å². The molecule has 116 valence electrons. The summed E-state index contributed by atoms with van der Waals surface area (Å²) in [5.74, 6) is 0.373. The molecule has 0 radical (unpaired) electrons. The number of hydrogen-bond donors (Lipinski definition) is 3. The highest BCUT2D eigenvalue weighted by Gasteiger charge is 2.48. The number of anilines is 1. The molecular weight excluding hydrogens is 350 g/mol. The van der Waals surface area contributed by atoms with Gasteiger partial charge >= 0.3 is 0 Å². The van der Waals surface area contributed by atoms with E-state index < -0.39 is 11.6 Å². The average Bonchev–Trinajstić information content (AvgIpc) is 2.75. The number of allylic oxidation sites excluding steroid dienone is 1. The van der Waals surface area contributed by atoms with Crippen molar-refractivity contribution in [3.8, 4) is 5.75 Å². The highest BCUT2D eigenvalue weighted by molar-refractivity contribution is 9.10. The molecule has 2 aliphatic rings.